The van der Waals surface area contributed by atoms with Crippen molar-refractivity contribution in [2.24, 2.45) is 0 Å². The third-order valence-electron chi connectivity index (χ3n) is 3.61. The zero-order valence-corrected chi connectivity index (χ0v) is 16.3. The zero-order chi connectivity index (χ0) is 20.8. The van der Waals surface area contributed by atoms with Crippen molar-refractivity contribution in [2.45, 2.75) is 13.5 Å². The molecule has 2 amide bonds. The van der Waals surface area contributed by atoms with Gasteiger partial charge in [-0.1, -0.05) is 29.4 Å². The Balaban J connectivity index is 1.55. The third-order valence-corrected chi connectivity index (χ3v) is 3.85. The molecule has 0 atom stereocenters. The van der Waals surface area contributed by atoms with E-state index in [9.17, 15) is 9.18 Å². The van der Waals surface area contributed by atoms with Crippen LogP contribution in [0.5, 0.6) is 5.75 Å². The molecule has 0 aliphatic heterocycles. The molecule has 29 heavy (non-hydrogen) atoms. The van der Waals surface area contributed by atoms with Crippen LogP contribution < -0.4 is 15.4 Å². The second kappa shape index (κ2) is 9.20. The van der Waals surface area contributed by atoms with Gasteiger partial charge < -0.3 is 19.9 Å². The van der Waals surface area contributed by atoms with E-state index in [0.717, 1.165) is 11.6 Å². The first kappa shape index (κ1) is 20.3. The Bertz CT molecular complexity index is 1040. The molecule has 0 saturated carbocycles. The van der Waals surface area contributed by atoms with Crippen molar-refractivity contribution in [3.8, 4) is 17.2 Å². The maximum Gasteiger partial charge on any atom is 0.319 e. The molecular weight excluding hydrogens is 399 g/mol. The van der Waals surface area contributed by atoms with Crippen molar-refractivity contribution in [2.75, 3.05) is 11.9 Å². The molecule has 0 fully saturated rings. The van der Waals surface area contributed by atoms with E-state index in [2.05, 4.69) is 27.4 Å². The van der Waals surface area contributed by atoms with Gasteiger partial charge in [-0.2, -0.15) is 4.98 Å². The number of ether oxygens (including phenoxy) is 1. The van der Waals surface area contributed by atoms with Crippen LogP contribution in [-0.4, -0.2) is 22.8 Å². The number of aromatic nitrogens is 2. The Morgan fingerprint density at radius 1 is 1.31 bits per heavy atom. The van der Waals surface area contributed by atoms with Crippen LogP contribution in [0.4, 0.5) is 14.9 Å². The second-order valence-electron chi connectivity index (χ2n) is 6.22. The van der Waals surface area contributed by atoms with Crippen molar-refractivity contribution in [3.05, 3.63) is 71.3 Å². The minimum atomic E-state index is -0.577. The van der Waals surface area contributed by atoms with E-state index in [1.54, 1.807) is 24.3 Å². The van der Waals surface area contributed by atoms with Gasteiger partial charge in [0.15, 0.2) is 5.82 Å². The number of benzene rings is 2. The van der Waals surface area contributed by atoms with E-state index in [4.69, 9.17) is 20.9 Å². The lowest BCUT2D eigenvalue weighted by molar-refractivity contribution is 0.251. The van der Waals surface area contributed by atoms with Gasteiger partial charge in [0.25, 0.3) is 5.89 Å². The monoisotopic (exact) mass is 416 g/mol. The topological polar surface area (TPSA) is 89.3 Å². The van der Waals surface area contributed by atoms with Crippen molar-refractivity contribution in [3.63, 3.8) is 0 Å². The molecule has 0 aliphatic carbocycles. The Morgan fingerprint density at radius 3 is 2.90 bits per heavy atom. The molecule has 3 rings (SSSR count). The van der Waals surface area contributed by atoms with Crippen LogP contribution in [0.15, 0.2) is 59.1 Å². The summed E-state index contributed by atoms with van der Waals surface area (Å²) in [5, 5.41) is 9.28. The van der Waals surface area contributed by atoms with Crippen LogP contribution >= 0.6 is 11.6 Å². The lowest BCUT2D eigenvalue weighted by Gasteiger charge is -2.09. The smallest absolute Gasteiger partial charge is 0.319 e. The molecule has 0 aliphatic rings. The number of hydrogen-bond donors (Lipinski definition) is 2. The van der Waals surface area contributed by atoms with Gasteiger partial charge in [0.2, 0.25) is 0 Å². The van der Waals surface area contributed by atoms with Crippen LogP contribution in [0.2, 0.25) is 5.02 Å². The molecule has 0 unspecified atom stereocenters. The van der Waals surface area contributed by atoms with Crippen LogP contribution in [0.3, 0.4) is 0 Å². The predicted octanol–water partition coefficient (Wildman–Crippen LogP) is 4.81. The van der Waals surface area contributed by atoms with Gasteiger partial charge in [-0.05, 0) is 42.8 Å². The predicted molar refractivity (Wildman–Crippen MR) is 107 cm³/mol. The Kier molecular flexibility index (Phi) is 6.46. The maximum absolute atomic E-state index is 13.9. The number of urea groups is 1. The molecule has 2 aromatic carbocycles. The Hall–Kier alpha value is -3.39. The van der Waals surface area contributed by atoms with Gasteiger partial charge >= 0.3 is 6.03 Å². The molecule has 1 aromatic heterocycles. The number of carbonyl (C=O) groups is 1. The van der Waals surface area contributed by atoms with Gasteiger partial charge in [0.1, 0.15) is 18.2 Å². The van der Waals surface area contributed by atoms with Crippen molar-refractivity contribution >= 4 is 23.3 Å². The minimum absolute atomic E-state index is 0.00117. The summed E-state index contributed by atoms with van der Waals surface area (Å²) in [7, 11) is 0. The number of amides is 2. The number of halogens is 2. The summed E-state index contributed by atoms with van der Waals surface area (Å²) in [6, 6.07) is 10.6. The zero-order valence-electron chi connectivity index (χ0n) is 15.5. The number of nitrogens with zero attached hydrogens (tertiary/aromatic N) is 2. The lowest BCUT2D eigenvalue weighted by Crippen LogP contribution is -2.28. The molecule has 3 aromatic rings. The van der Waals surface area contributed by atoms with E-state index < -0.39 is 11.8 Å². The van der Waals surface area contributed by atoms with Crippen molar-refractivity contribution in [1.29, 1.82) is 0 Å². The van der Waals surface area contributed by atoms with Crippen molar-refractivity contribution in [1.82, 2.24) is 15.5 Å². The third kappa shape index (κ3) is 5.79. The molecule has 0 radical (unpaired) electrons. The lowest BCUT2D eigenvalue weighted by atomic mass is 10.2. The molecule has 7 nitrogen and oxygen atoms in total. The first-order valence-electron chi connectivity index (χ1n) is 8.61. The summed E-state index contributed by atoms with van der Waals surface area (Å²) in [5.41, 5.74) is 1.57. The average Bonchev–Trinajstić information content (AvgIpc) is 3.14. The van der Waals surface area contributed by atoms with Crippen LogP contribution in [0, 0.1) is 5.82 Å². The first-order valence-corrected chi connectivity index (χ1v) is 8.98. The van der Waals surface area contributed by atoms with Crippen LogP contribution in [0.25, 0.3) is 11.5 Å². The number of rotatable bonds is 7. The first-order chi connectivity index (χ1) is 13.9. The van der Waals surface area contributed by atoms with Gasteiger partial charge in [-0.3, -0.25) is 0 Å². The summed E-state index contributed by atoms with van der Waals surface area (Å²) >= 11 is 5.73. The molecule has 1 heterocycles. The SMILES string of the molecule is C=C(C)COc1cccc(NC(=O)NCc2noc(-c3ccc(Cl)cc3F)n2)c1. The largest absolute Gasteiger partial charge is 0.489 e. The Labute approximate surface area is 171 Å². The summed E-state index contributed by atoms with van der Waals surface area (Å²) in [4.78, 5) is 16.2. The highest BCUT2D eigenvalue weighted by atomic mass is 35.5. The molecule has 9 heteroatoms. The van der Waals surface area contributed by atoms with Crippen LogP contribution in [0.1, 0.15) is 12.7 Å². The van der Waals surface area contributed by atoms with Crippen molar-refractivity contribution < 1.29 is 18.4 Å². The summed E-state index contributed by atoms with van der Waals surface area (Å²) in [6.07, 6.45) is 0. The molecule has 2 N–H and O–H groups in total. The normalized spacial score (nSPS) is 10.4. The fourth-order valence-electron chi connectivity index (χ4n) is 2.30. The fraction of sp³-hybridized carbons (Fsp3) is 0.150. The standard InChI is InChI=1S/C20H18ClFN4O3/c1-12(2)11-28-15-5-3-4-14(9-15)24-20(27)23-10-18-25-19(29-26-18)16-7-6-13(21)8-17(16)22/h3-9H,1,10-11H2,2H3,(H2,23,24,27). The van der Waals surface area contributed by atoms with E-state index in [1.807, 2.05) is 6.92 Å². The minimum Gasteiger partial charge on any atom is -0.489 e. The highest BCUT2D eigenvalue weighted by Crippen LogP contribution is 2.24. The van der Waals surface area contributed by atoms with Crippen LogP contribution in [-0.2, 0) is 6.54 Å². The number of nitrogens with one attached hydrogen (secondary N) is 2. The number of hydrogen-bond acceptors (Lipinski definition) is 5. The average molecular weight is 417 g/mol. The molecule has 0 spiro atoms. The number of carbonyl (C=O) groups excluding carboxylic acids is 1. The Morgan fingerprint density at radius 2 is 2.14 bits per heavy atom. The molecule has 0 bridgehead atoms. The number of anilines is 1. The van der Waals surface area contributed by atoms with Gasteiger partial charge in [0, 0.05) is 16.8 Å². The summed E-state index contributed by atoms with van der Waals surface area (Å²) in [5.74, 6) is 0.229. The highest BCUT2D eigenvalue weighted by Gasteiger charge is 2.14. The van der Waals surface area contributed by atoms with E-state index in [1.165, 1.54) is 12.1 Å². The molecular formula is C20H18ClFN4O3. The van der Waals surface area contributed by atoms with E-state index >= 15 is 0 Å². The maximum atomic E-state index is 13.9. The quantitative estimate of drug-likeness (QED) is 0.540. The summed E-state index contributed by atoms with van der Waals surface area (Å²) in [6.45, 7) is 6.02. The van der Waals surface area contributed by atoms with Gasteiger partial charge in [0.05, 0.1) is 12.1 Å². The molecule has 0 saturated heterocycles. The van der Waals surface area contributed by atoms with E-state index in [0.29, 0.717) is 18.0 Å². The molecule has 150 valence electrons. The van der Waals surface area contributed by atoms with Gasteiger partial charge in [-0.25, -0.2) is 9.18 Å². The second-order valence-corrected chi connectivity index (χ2v) is 6.66. The fourth-order valence-corrected chi connectivity index (χ4v) is 2.46. The van der Waals surface area contributed by atoms with Gasteiger partial charge in [-0.15, -0.1) is 0 Å². The summed E-state index contributed by atoms with van der Waals surface area (Å²) < 4.78 is 24.5. The highest BCUT2D eigenvalue weighted by molar-refractivity contribution is 6.30. The van der Waals surface area contributed by atoms with E-state index in [-0.39, 0.29) is 28.8 Å².